The molecule has 0 aromatic heterocycles. The Kier molecular flexibility index (Phi) is 5.84. The normalized spacial score (nSPS) is 17.4. The van der Waals surface area contributed by atoms with Crippen molar-refractivity contribution >= 4 is 17.7 Å². The van der Waals surface area contributed by atoms with E-state index < -0.39 is 0 Å². The minimum Gasteiger partial charge on any atom is -0.463 e. The van der Waals surface area contributed by atoms with Crippen LogP contribution < -0.4 is 0 Å². The second kappa shape index (κ2) is 6.94. The highest BCUT2D eigenvalue weighted by atomic mass is 32.2. The van der Waals surface area contributed by atoms with Crippen molar-refractivity contribution in [1.82, 2.24) is 0 Å². The van der Waals surface area contributed by atoms with Crippen molar-refractivity contribution in [3.05, 3.63) is 12.2 Å². The van der Waals surface area contributed by atoms with E-state index in [4.69, 9.17) is 4.74 Å². The van der Waals surface area contributed by atoms with Gasteiger partial charge in [0.15, 0.2) is 0 Å². The number of hydrogen-bond donors (Lipinski definition) is 0. The standard InChI is InChI=1S/C12H20O2S/c1-3-14-12(13)10(2)9-15-11-7-5-4-6-8-11/h11H,2-9H2,1H3. The summed E-state index contributed by atoms with van der Waals surface area (Å²) in [5.41, 5.74) is 0.604. The molecule has 0 spiro atoms. The Morgan fingerprint density at radius 3 is 2.67 bits per heavy atom. The van der Waals surface area contributed by atoms with Crippen molar-refractivity contribution in [1.29, 1.82) is 0 Å². The fourth-order valence-corrected chi connectivity index (χ4v) is 2.96. The molecule has 0 N–H and O–H groups in total. The number of hydrogen-bond acceptors (Lipinski definition) is 3. The van der Waals surface area contributed by atoms with Crippen molar-refractivity contribution in [3.63, 3.8) is 0 Å². The van der Waals surface area contributed by atoms with Crippen LogP contribution in [0.25, 0.3) is 0 Å². The monoisotopic (exact) mass is 228 g/mol. The summed E-state index contributed by atoms with van der Waals surface area (Å²) in [5.74, 6) is 0.490. The van der Waals surface area contributed by atoms with E-state index in [-0.39, 0.29) is 5.97 Å². The number of carbonyl (C=O) groups excluding carboxylic acids is 1. The van der Waals surface area contributed by atoms with Crippen LogP contribution in [0.5, 0.6) is 0 Å². The molecule has 1 fully saturated rings. The van der Waals surface area contributed by atoms with E-state index in [2.05, 4.69) is 6.58 Å². The first-order valence-corrected chi connectivity index (χ1v) is 6.75. The quantitative estimate of drug-likeness (QED) is 0.534. The molecule has 0 aromatic carbocycles. The number of ether oxygens (including phenoxy) is 1. The highest BCUT2D eigenvalue weighted by Gasteiger charge is 2.15. The van der Waals surface area contributed by atoms with Gasteiger partial charge < -0.3 is 4.74 Å². The smallest absolute Gasteiger partial charge is 0.334 e. The Morgan fingerprint density at radius 2 is 2.07 bits per heavy atom. The van der Waals surface area contributed by atoms with Crippen LogP contribution in [0, 0.1) is 0 Å². The van der Waals surface area contributed by atoms with E-state index >= 15 is 0 Å². The van der Waals surface area contributed by atoms with Crippen LogP contribution in [0.1, 0.15) is 39.0 Å². The van der Waals surface area contributed by atoms with Crippen molar-refractivity contribution in [2.75, 3.05) is 12.4 Å². The van der Waals surface area contributed by atoms with Gasteiger partial charge in [-0.05, 0) is 19.8 Å². The van der Waals surface area contributed by atoms with Crippen LogP contribution >= 0.6 is 11.8 Å². The largest absolute Gasteiger partial charge is 0.463 e. The molecule has 0 saturated heterocycles. The maximum absolute atomic E-state index is 11.3. The first kappa shape index (κ1) is 12.6. The summed E-state index contributed by atoms with van der Waals surface area (Å²) < 4.78 is 4.89. The molecular formula is C12H20O2S. The topological polar surface area (TPSA) is 26.3 Å². The lowest BCUT2D eigenvalue weighted by Crippen LogP contribution is -2.13. The summed E-state index contributed by atoms with van der Waals surface area (Å²) in [5, 5.41) is 0.727. The summed E-state index contributed by atoms with van der Waals surface area (Å²) in [4.78, 5) is 11.3. The van der Waals surface area contributed by atoms with E-state index in [9.17, 15) is 4.79 Å². The highest BCUT2D eigenvalue weighted by Crippen LogP contribution is 2.29. The van der Waals surface area contributed by atoms with Crippen LogP contribution in [0.2, 0.25) is 0 Å². The molecule has 0 bridgehead atoms. The zero-order valence-electron chi connectivity index (χ0n) is 9.46. The lowest BCUT2D eigenvalue weighted by Gasteiger charge is -2.20. The van der Waals surface area contributed by atoms with E-state index in [1.165, 1.54) is 32.1 Å². The van der Waals surface area contributed by atoms with Gasteiger partial charge in [0.2, 0.25) is 0 Å². The van der Waals surface area contributed by atoms with Gasteiger partial charge in [-0.15, -0.1) is 0 Å². The molecule has 15 heavy (non-hydrogen) atoms. The van der Waals surface area contributed by atoms with Gasteiger partial charge in [-0.25, -0.2) is 4.79 Å². The minimum absolute atomic E-state index is 0.235. The van der Waals surface area contributed by atoms with Gasteiger partial charge in [0, 0.05) is 16.6 Å². The average molecular weight is 228 g/mol. The molecule has 0 heterocycles. The molecule has 1 rings (SSSR count). The molecule has 1 aliphatic rings. The summed E-state index contributed by atoms with van der Waals surface area (Å²) in [6, 6.07) is 0. The van der Waals surface area contributed by atoms with Crippen LogP contribution in [-0.4, -0.2) is 23.6 Å². The molecule has 86 valence electrons. The van der Waals surface area contributed by atoms with Gasteiger partial charge >= 0.3 is 5.97 Å². The predicted molar refractivity (Wildman–Crippen MR) is 65.1 cm³/mol. The van der Waals surface area contributed by atoms with Crippen molar-refractivity contribution in [2.45, 2.75) is 44.3 Å². The molecule has 3 heteroatoms. The average Bonchev–Trinajstić information content (AvgIpc) is 2.27. The number of carbonyl (C=O) groups is 1. The Bertz CT molecular complexity index is 220. The molecular weight excluding hydrogens is 208 g/mol. The third-order valence-corrected chi connectivity index (χ3v) is 4.07. The van der Waals surface area contributed by atoms with Gasteiger partial charge in [0.05, 0.1) is 6.61 Å². The fourth-order valence-electron chi connectivity index (χ4n) is 1.74. The van der Waals surface area contributed by atoms with Gasteiger partial charge in [-0.1, -0.05) is 25.8 Å². The molecule has 0 amide bonds. The van der Waals surface area contributed by atoms with Crippen molar-refractivity contribution in [3.8, 4) is 0 Å². The van der Waals surface area contributed by atoms with Gasteiger partial charge in [0.1, 0.15) is 0 Å². The van der Waals surface area contributed by atoms with E-state index in [1.807, 2.05) is 18.7 Å². The SMILES string of the molecule is C=C(CSC1CCCCC1)C(=O)OCC. The maximum atomic E-state index is 11.3. The van der Waals surface area contributed by atoms with Crippen LogP contribution in [0.3, 0.4) is 0 Å². The number of esters is 1. The zero-order chi connectivity index (χ0) is 11.1. The Hall–Kier alpha value is -0.440. The van der Waals surface area contributed by atoms with E-state index in [0.29, 0.717) is 12.2 Å². The van der Waals surface area contributed by atoms with E-state index in [1.54, 1.807) is 0 Å². The van der Waals surface area contributed by atoms with Gasteiger partial charge in [-0.3, -0.25) is 0 Å². The lowest BCUT2D eigenvalue weighted by atomic mass is 10.0. The molecule has 0 unspecified atom stereocenters. The third-order valence-electron chi connectivity index (χ3n) is 2.61. The zero-order valence-corrected chi connectivity index (χ0v) is 10.3. The summed E-state index contributed by atoms with van der Waals surface area (Å²) >= 11 is 1.86. The molecule has 0 radical (unpaired) electrons. The second-order valence-electron chi connectivity index (χ2n) is 3.90. The molecule has 0 aromatic rings. The highest BCUT2D eigenvalue weighted by molar-refractivity contribution is 8.00. The van der Waals surface area contributed by atoms with Crippen LogP contribution in [0.15, 0.2) is 12.2 Å². The predicted octanol–water partition coefficient (Wildman–Crippen LogP) is 3.17. The molecule has 2 nitrogen and oxygen atoms in total. The van der Waals surface area contributed by atoms with Crippen molar-refractivity contribution in [2.24, 2.45) is 0 Å². The lowest BCUT2D eigenvalue weighted by molar-refractivity contribution is -0.138. The third kappa shape index (κ3) is 4.74. The van der Waals surface area contributed by atoms with Crippen LogP contribution in [-0.2, 0) is 9.53 Å². The first-order chi connectivity index (χ1) is 7.24. The molecule has 0 atom stereocenters. The minimum atomic E-state index is -0.235. The summed E-state index contributed by atoms with van der Waals surface area (Å²) in [6.07, 6.45) is 6.63. The molecule has 1 saturated carbocycles. The van der Waals surface area contributed by atoms with E-state index in [0.717, 1.165) is 11.0 Å². The Morgan fingerprint density at radius 1 is 1.40 bits per heavy atom. The number of rotatable bonds is 5. The Labute approximate surface area is 96.5 Å². The van der Waals surface area contributed by atoms with Crippen molar-refractivity contribution < 1.29 is 9.53 Å². The van der Waals surface area contributed by atoms with Crippen LogP contribution in [0.4, 0.5) is 0 Å². The Balaban J connectivity index is 2.17. The number of thioether (sulfide) groups is 1. The maximum Gasteiger partial charge on any atom is 0.334 e. The summed E-state index contributed by atoms with van der Waals surface area (Å²) in [7, 11) is 0. The molecule has 1 aliphatic carbocycles. The van der Waals surface area contributed by atoms with Gasteiger partial charge in [0.25, 0.3) is 0 Å². The summed E-state index contributed by atoms with van der Waals surface area (Å²) in [6.45, 7) is 6.02. The first-order valence-electron chi connectivity index (χ1n) is 5.70. The second-order valence-corrected chi connectivity index (χ2v) is 5.18. The molecule has 0 aliphatic heterocycles. The van der Waals surface area contributed by atoms with Gasteiger partial charge in [-0.2, -0.15) is 11.8 Å². The fraction of sp³-hybridized carbons (Fsp3) is 0.750.